The number of amides is 2. The summed E-state index contributed by atoms with van der Waals surface area (Å²) in [5.41, 5.74) is 2.66. The summed E-state index contributed by atoms with van der Waals surface area (Å²) in [4.78, 5) is 13.1. The Bertz CT molecular complexity index is 704. The van der Waals surface area contributed by atoms with E-state index in [4.69, 9.17) is 9.47 Å². The molecule has 0 fully saturated rings. The van der Waals surface area contributed by atoms with E-state index in [1.165, 1.54) is 4.90 Å². The molecule has 0 bridgehead atoms. The lowest BCUT2D eigenvalue weighted by Gasteiger charge is -2.17. The molecule has 2 amide bonds. The highest BCUT2D eigenvalue weighted by Gasteiger charge is 2.09. The van der Waals surface area contributed by atoms with E-state index in [0.717, 1.165) is 22.7 Å². The third-order valence-corrected chi connectivity index (χ3v) is 4.05. The topological polar surface area (TPSA) is 83.1 Å². The number of rotatable bonds is 9. The van der Waals surface area contributed by atoms with Gasteiger partial charge in [0.25, 0.3) is 0 Å². The molecule has 27 heavy (non-hydrogen) atoms. The highest BCUT2D eigenvalue weighted by atomic mass is 16.5. The van der Waals surface area contributed by atoms with Gasteiger partial charge in [0.2, 0.25) is 0 Å². The first-order valence-corrected chi connectivity index (χ1v) is 8.71. The predicted molar refractivity (Wildman–Crippen MR) is 106 cm³/mol. The molecule has 0 saturated heterocycles. The summed E-state index contributed by atoms with van der Waals surface area (Å²) >= 11 is 0. The summed E-state index contributed by atoms with van der Waals surface area (Å²) in [7, 11) is 4.92. The zero-order valence-electron chi connectivity index (χ0n) is 15.9. The van der Waals surface area contributed by atoms with Gasteiger partial charge in [0.05, 0.1) is 26.4 Å². The number of benzene rings is 2. The molecule has 0 aromatic heterocycles. The Kier molecular flexibility index (Phi) is 7.91. The molecule has 2 aromatic carbocycles. The minimum Gasteiger partial charge on any atom is -0.497 e. The van der Waals surface area contributed by atoms with Crippen molar-refractivity contribution in [2.45, 2.75) is 12.7 Å². The number of nitrogens with one attached hydrogen (secondary N) is 2. The predicted octanol–water partition coefficient (Wildman–Crippen LogP) is 2.46. The molecule has 3 N–H and O–H groups in total. The molecule has 1 unspecified atom stereocenters. The van der Waals surface area contributed by atoms with Crippen molar-refractivity contribution in [3.8, 4) is 5.75 Å². The monoisotopic (exact) mass is 373 g/mol. The van der Waals surface area contributed by atoms with Gasteiger partial charge in [0.1, 0.15) is 5.75 Å². The molecule has 2 rings (SSSR count). The van der Waals surface area contributed by atoms with Crippen LogP contribution in [0.25, 0.3) is 0 Å². The lowest BCUT2D eigenvalue weighted by Crippen LogP contribution is -2.34. The lowest BCUT2D eigenvalue weighted by molar-refractivity contribution is 0.0348. The standard InChI is InChI=1S/C20H27N3O4/c1-21-20(25)23(2)17-8-6-16(7-9-17)22-12-18(24)14-27-13-15-4-10-19(26-3)11-5-15/h4-11,18,22,24H,12-14H2,1-3H3,(H,21,25). The van der Waals surface area contributed by atoms with Crippen LogP contribution in [-0.2, 0) is 11.3 Å². The SMILES string of the molecule is CNC(=O)N(C)c1ccc(NCC(O)COCc2ccc(OC)cc2)cc1. The third kappa shape index (κ3) is 6.47. The van der Waals surface area contributed by atoms with Crippen LogP contribution in [0.2, 0.25) is 0 Å². The minimum absolute atomic E-state index is 0.180. The summed E-state index contributed by atoms with van der Waals surface area (Å²) in [5.74, 6) is 0.801. The Morgan fingerprint density at radius 1 is 1.15 bits per heavy atom. The van der Waals surface area contributed by atoms with Gasteiger partial charge < -0.3 is 25.2 Å². The number of hydrogen-bond acceptors (Lipinski definition) is 5. The number of urea groups is 1. The summed E-state index contributed by atoms with van der Waals surface area (Å²) in [5, 5.41) is 15.8. The maximum absolute atomic E-state index is 11.6. The highest BCUT2D eigenvalue weighted by Crippen LogP contribution is 2.17. The fourth-order valence-electron chi connectivity index (χ4n) is 2.42. The van der Waals surface area contributed by atoms with Crippen molar-refractivity contribution >= 4 is 17.4 Å². The second-order valence-electron chi connectivity index (χ2n) is 6.06. The van der Waals surface area contributed by atoms with Gasteiger partial charge in [-0.05, 0) is 42.0 Å². The molecule has 0 radical (unpaired) electrons. The number of carbonyl (C=O) groups is 1. The summed E-state index contributed by atoms with van der Waals surface area (Å²) < 4.78 is 10.7. The van der Waals surface area contributed by atoms with E-state index in [9.17, 15) is 9.90 Å². The third-order valence-electron chi connectivity index (χ3n) is 4.05. The van der Waals surface area contributed by atoms with Gasteiger partial charge >= 0.3 is 6.03 Å². The van der Waals surface area contributed by atoms with Crippen molar-refractivity contribution < 1.29 is 19.4 Å². The first-order chi connectivity index (χ1) is 13.0. The van der Waals surface area contributed by atoms with Crippen LogP contribution < -0.4 is 20.3 Å². The smallest absolute Gasteiger partial charge is 0.321 e. The lowest BCUT2D eigenvalue weighted by atomic mass is 10.2. The van der Waals surface area contributed by atoms with Gasteiger partial charge in [-0.2, -0.15) is 0 Å². The zero-order chi connectivity index (χ0) is 19.6. The average Bonchev–Trinajstić information content (AvgIpc) is 2.72. The quantitative estimate of drug-likeness (QED) is 0.629. The maximum Gasteiger partial charge on any atom is 0.321 e. The molecule has 0 aliphatic carbocycles. The number of methoxy groups -OCH3 is 1. The van der Waals surface area contributed by atoms with E-state index < -0.39 is 6.10 Å². The fourth-order valence-corrected chi connectivity index (χ4v) is 2.42. The summed E-state index contributed by atoms with van der Waals surface area (Å²) in [6, 6.07) is 14.8. The Balaban J connectivity index is 1.71. The van der Waals surface area contributed by atoms with Crippen LogP contribution in [0.5, 0.6) is 5.75 Å². The normalized spacial score (nSPS) is 11.6. The maximum atomic E-state index is 11.6. The van der Waals surface area contributed by atoms with E-state index in [2.05, 4.69) is 10.6 Å². The minimum atomic E-state index is -0.628. The van der Waals surface area contributed by atoms with Crippen LogP contribution in [-0.4, -0.2) is 51.6 Å². The molecule has 7 heteroatoms. The van der Waals surface area contributed by atoms with Crippen molar-refractivity contribution in [1.29, 1.82) is 0 Å². The van der Waals surface area contributed by atoms with Crippen molar-refractivity contribution in [3.63, 3.8) is 0 Å². The van der Waals surface area contributed by atoms with Gasteiger partial charge in [0.15, 0.2) is 0 Å². The van der Waals surface area contributed by atoms with Crippen LogP contribution in [0, 0.1) is 0 Å². The molecule has 0 heterocycles. The highest BCUT2D eigenvalue weighted by molar-refractivity contribution is 5.91. The first kappa shape index (κ1) is 20.5. The number of hydrogen-bond donors (Lipinski definition) is 3. The first-order valence-electron chi connectivity index (χ1n) is 8.71. The van der Waals surface area contributed by atoms with Crippen molar-refractivity contribution in [1.82, 2.24) is 5.32 Å². The van der Waals surface area contributed by atoms with Crippen LogP contribution in [0.4, 0.5) is 16.2 Å². The molecule has 146 valence electrons. The summed E-state index contributed by atoms with van der Waals surface area (Å²) in [6.07, 6.45) is -0.628. The largest absolute Gasteiger partial charge is 0.497 e. The average molecular weight is 373 g/mol. The Labute approximate surface area is 159 Å². The number of carbonyl (C=O) groups excluding carboxylic acids is 1. The number of ether oxygens (including phenoxy) is 2. The van der Waals surface area contributed by atoms with Crippen molar-refractivity contribution in [3.05, 3.63) is 54.1 Å². The van der Waals surface area contributed by atoms with Gasteiger partial charge in [-0.3, -0.25) is 4.90 Å². The van der Waals surface area contributed by atoms with E-state index in [1.54, 1.807) is 21.2 Å². The van der Waals surface area contributed by atoms with Gasteiger partial charge in [0, 0.05) is 32.0 Å². The van der Waals surface area contributed by atoms with Crippen LogP contribution >= 0.6 is 0 Å². The molecular weight excluding hydrogens is 346 g/mol. The molecule has 0 spiro atoms. The fraction of sp³-hybridized carbons (Fsp3) is 0.350. The van der Waals surface area contributed by atoms with E-state index in [1.807, 2.05) is 48.5 Å². The number of anilines is 2. The molecule has 1 atom stereocenters. The second-order valence-corrected chi connectivity index (χ2v) is 6.06. The van der Waals surface area contributed by atoms with Gasteiger partial charge in [-0.1, -0.05) is 12.1 Å². The summed E-state index contributed by atoms with van der Waals surface area (Å²) in [6.45, 7) is 1.03. The van der Waals surface area contributed by atoms with Gasteiger partial charge in [-0.25, -0.2) is 4.79 Å². The van der Waals surface area contributed by atoms with E-state index in [-0.39, 0.29) is 12.6 Å². The molecule has 0 saturated carbocycles. The number of aliphatic hydroxyl groups excluding tert-OH is 1. The molecular formula is C20H27N3O4. The number of aliphatic hydroxyl groups is 1. The molecule has 7 nitrogen and oxygen atoms in total. The van der Waals surface area contributed by atoms with E-state index in [0.29, 0.717) is 13.2 Å². The van der Waals surface area contributed by atoms with Crippen LogP contribution in [0.15, 0.2) is 48.5 Å². The molecule has 2 aromatic rings. The van der Waals surface area contributed by atoms with Crippen LogP contribution in [0.3, 0.4) is 0 Å². The van der Waals surface area contributed by atoms with E-state index >= 15 is 0 Å². The molecule has 0 aliphatic heterocycles. The molecule has 0 aliphatic rings. The van der Waals surface area contributed by atoms with Crippen molar-refractivity contribution in [2.24, 2.45) is 0 Å². The Hall–Kier alpha value is -2.77. The number of nitrogens with zero attached hydrogens (tertiary/aromatic N) is 1. The van der Waals surface area contributed by atoms with Gasteiger partial charge in [-0.15, -0.1) is 0 Å². The Morgan fingerprint density at radius 2 is 1.81 bits per heavy atom. The second kappa shape index (κ2) is 10.4. The van der Waals surface area contributed by atoms with Crippen LogP contribution in [0.1, 0.15) is 5.56 Å². The Morgan fingerprint density at radius 3 is 2.41 bits per heavy atom. The zero-order valence-corrected chi connectivity index (χ0v) is 15.9. The van der Waals surface area contributed by atoms with Crippen molar-refractivity contribution in [2.75, 3.05) is 44.6 Å².